The Balaban J connectivity index is 1.90. The zero-order chi connectivity index (χ0) is 16.1. The molecule has 0 saturated heterocycles. The standard InChI is InChI=1S/C16H16BrFN2O2/c1-20(2)13-6-4-12(5-7-13)19-16(21)10-22-15-8-3-11(17)9-14(15)18/h3-9H,10H2,1-2H3,(H,19,21). The number of hydrogen-bond donors (Lipinski definition) is 1. The second-order valence-electron chi connectivity index (χ2n) is 4.85. The maximum atomic E-state index is 13.6. The molecule has 0 spiro atoms. The number of rotatable bonds is 5. The zero-order valence-corrected chi connectivity index (χ0v) is 13.9. The minimum absolute atomic E-state index is 0.0429. The first kappa shape index (κ1) is 16.3. The number of benzene rings is 2. The van der Waals surface area contributed by atoms with Crippen LogP contribution in [0.3, 0.4) is 0 Å². The molecule has 0 unspecified atom stereocenters. The van der Waals surface area contributed by atoms with Crippen LogP contribution in [0.1, 0.15) is 0 Å². The molecule has 0 radical (unpaired) electrons. The van der Waals surface area contributed by atoms with E-state index in [1.54, 1.807) is 18.2 Å². The van der Waals surface area contributed by atoms with Crippen LogP contribution in [0.2, 0.25) is 0 Å². The van der Waals surface area contributed by atoms with Crippen LogP contribution >= 0.6 is 15.9 Å². The lowest BCUT2D eigenvalue weighted by molar-refractivity contribution is -0.118. The number of halogens is 2. The third kappa shape index (κ3) is 4.46. The summed E-state index contributed by atoms with van der Waals surface area (Å²) in [6, 6.07) is 11.8. The summed E-state index contributed by atoms with van der Waals surface area (Å²) in [5, 5.41) is 2.69. The Labute approximate surface area is 137 Å². The van der Waals surface area contributed by atoms with Crippen LogP contribution in [0.4, 0.5) is 15.8 Å². The molecule has 0 aromatic heterocycles. The number of nitrogens with zero attached hydrogens (tertiary/aromatic N) is 1. The molecule has 1 amide bonds. The second-order valence-corrected chi connectivity index (χ2v) is 5.77. The van der Waals surface area contributed by atoms with Gasteiger partial charge in [0.15, 0.2) is 18.2 Å². The number of hydrogen-bond acceptors (Lipinski definition) is 3. The van der Waals surface area contributed by atoms with Crippen LogP contribution in [0, 0.1) is 5.82 Å². The van der Waals surface area contributed by atoms with E-state index in [4.69, 9.17) is 4.74 Å². The van der Waals surface area contributed by atoms with Crippen LogP contribution in [0.15, 0.2) is 46.9 Å². The van der Waals surface area contributed by atoms with E-state index in [0.29, 0.717) is 10.2 Å². The van der Waals surface area contributed by atoms with Gasteiger partial charge in [0.1, 0.15) is 0 Å². The molecule has 116 valence electrons. The highest BCUT2D eigenvalue weighted by molar-refractivity contribution is 9.10. The van der Waals surface area contributed by atoms with Crippen molar-refractivity contribution in [3.05, 3.63) is 52.8 Å². The summed E-state index contributed by atoms with van der Waals surface area (Å²) in [5.41, 5.74) is 1.70. The average Bonchev–Trinajstić information content (AvgIpc) is 2.47. The van der Waals surface area contributed by atoms with Crippen LogP contribution in [0.5, 0.6) is 5.75 Å². The lowest BCUT2D eigenvalue weighted by atomic mass is 10.2. The van der Waals surface area contributed by atoms with Crippen LogP contribution in [0.25, 0.3) is 0 Å². The predicted molar refractivity (Wildman–Crippen MR) is 89.0 cm³/mol. The van der Waals surface area contributed by atoms with Crippen molar-refractivity contribution in [1.29, 1.82) is 0 Å². The zero-order valence-electron chi connectivity index (χ0n) is 12.3. The highest BCUT2D eigenvalue weighted by atomic mass is 79.9. The minimum Gasteiger partial charge on any atom is -0.481 e. The molecule has 0 heterocycles. The first-order chi connectivity index (χ1) is 10.5. The molecule has 6 heteroatoms. The summed E-state index contributed by atoms with van der Waals surface area (Å²) >= 11 is 3.16. The van der Waals surface area contributed by atoms with Crippen molar-refractivity contribution in [2.24, 2.45) is 0 Å². The first-order valence-corrected chi connectivity index (χ1v) is 7.40. The van der Waals surface area contributed by atoms with Gasteiger partial charge >= 0.3 is 0 Å². The largest absolute Gasteiger partial charge is 0.481 e. The monoisotopic (exact) mass is 366 g/mol. The summed E-state index contributed by atoms with van der Waals surface area (Å²) in [6.07, 6.45) is 0. The number of ether oxygens (including phenoxy) is 1. The van der Waals surface area contributed by atoms with Gasteiger partial charge in [-0.3, -0.25) is 4.79 Å². The summed E-state index contributed by atoms with van der Waals surface area (Å²) in [5.74, 6) is -0.821. The summed E-state index contributed by atoms with van der Waals surface area (Å²) in [4.78, 5) is 13.8. The third-order valence-electron chi connectivity index (χ3n) is 2.92. The Hall–Kier alpha value is -2.08. The lowest BCUT2D eigenvalue weighted by Gasteiger charge is -2.13. The topological polar surface area (TPSA) is 41.6 Å². The minimum atomic E-state index is -0.516. The Morgan fingerprint density at radius 2 is 1.91 bits per heavy atom. The van der Waals surface area contributed by atoms with Crippen molar-refractivity contribution >= 4 is 33.2 Å². The fourth-order valence-electron chi connectivity index (χ4n) is 1.78. The number of carbonyl (C=O) groups excluding carboxylic acids is 1. The predicted octanol–water partition coefficient (Wildman–Crippen LogP) is 3.67. The van der Waals surface area contributed by atoms with Crippen molar-refractivity contribution in [2.75, 3.05) is 30.9 Å². The van der Waals surface area contributed by atoms with Gasteiger partial charge in [0.05, 0.1) is 0 Å². The molecule has 1 N–H and O–H groups in total. The Kier molecular flexibility index (Phi) is 5.38. The third-order valence-corrected chi connectivity index (χ3v) is 3.41. The molecule has 0 fully saturated rings. The highest BCUT2D eigenvalue weighted by Crippen LogP contribution is 2.21. The molecule has 0 atom stereocenters. The fraction of sp³-hybridized carbons (Fsp3) is 0.188. The molecule has 0 aliphatic heterocycles. The number of amides is 1. The Bertz CT molecular complexity index is 660. The number of nitrogens with one attached hydrogen (secondary N) is 1. The Morgan fingerprint density at radius 3 is 2.50 bits per heavy atom. The summed E-state index contributed by atoms with van der Waals surface area (Å²) in [6.45, 7) is -0.256. The van der Waals surface area contributed by atoms with E-state index < -0.39 is 5.82 Å². The molecule has 0 bridgehead atoms. The molecule has 22 heavy (non-hydrogen) atoms. The summed E-state index contributed by atoms with van der Waals surface area (Å²) in [7, 11) is 3.88. The Morgan fingerprint density at radius 1 is 1.23 bits per heavy atom. The van der Waals surface area contributed by atoms with Crippen molar-refractivity contribution in [3.63, 3.8) is 0 Å². The van der Waals surface area contributed by atoms with E-state index in [9.17, 15) is 9.18 Å². The number of carbonyl (C=O) groups is 1. The molecule has 2 aromatic carbocycles. The molecule has 0 saturated carbocycles. The molecule has 4 nitrogen and oxygen atoms in total. The van der Waals surface area contributed by atoms with Crippen LogP contribution in [-0.4, -0.2) is 26.6 Å². The van der Waals surface area contributed by atoms with E-state index in [1.165, 1.54) is 12.1 Å². The highest BCUT2D eigenvalue weighted by Gasteiger charge is 2.08. The molecule has 0 aliphatic carbocycles. The first-order valence-electron chi connectivity index (χ1n) is 6.61. The molecule has 2 rings (SSSR count). The van der Waals surface area contributed by atoms with Gasteiger partial charge in [-0.05, 0) is 42.5 Å². The normalized spacial score (nSPS) is 10.2. The smallest absolute Gasteiger partial charge is 0.262 e. The van der Waals surface area contributed by atoms with Crippen molar-refractivity contribution in [2.45, 2.75) is 0 Å². The van der Waals surface area contributed by atoms with Gasteiger partial charge in [0.2, 0.25) is 0 Å². The van der Waals surface area contributed by atoms with Gasteiger partial charge < -0.3 is 15.0 Å². The quantitative estimate of drug-likeness (QED) is 0.877. The second kappa shape index (κ2) is 7.26. The van der Waals surface area contributed by atoms with E-state index in [2.05, 4.69) is 21.2 Å². The lowest BCUT2D eigenvalue weighted by Crippen LogP contribution is -2.20. The van der Waals surface area contributed by atoms with E-state index >= 15 is 0 Å². The van der Waals surface area contributed by atoms with Gasteiger partial charge in [0, 0.05) is 29.9 Å². The summed E-state index contributed by atoms with van der Waals surface area (Å²) < 4.78 is 19.3. The molecular weight excluding hydrogens is 351 g/mol. The van der Waals surface area contributed by atoms with Gasteiger partial charge in [-0.2, -0.15) is 0 Å². The molecule has 0 aliphatic rings. The number of anilines is 2. The maximum Gasteiger partial charge on any atom is 0.262 e. The maximum absolute atomic E-state index is 13.6. The fourth-order valence-corrected chi connectivity index (χ4v) is 2.11. The van der Waals surface area contributed by atoms with Crippen molar-refractivity contribution < 1.29 is 13.9 Å². The van der Waals surface area contributed by atoms with E-state index in [1.807, 2.05) is 31.1 Å². The molecular formula is C16H16BrFN2O2. The van der Waals surface area contributed by atoms with E-state index in [-0.39, 0.29) is 18.3 Å². The average molecular weight is 367 g/mol. The van der Waals surface area contributed by atoms with Gasteiger partial charge in [0.25, 0.3) is 5.91 Å². The van der Waals surface area contributed by atoms with Crippen molar-refractivity contribution in [3.8, 4) is 5.75 Å². The van der Waals surface area contributed by atoms with Gasteiger partial charge in [-0.25, -0.2) is 4.39 Å². The van der Waals surface area contributed by atoms with Gasteiger partial charge in [-0.15, -0.1) is 0 Å². The van der Waals surface area contributed by atoms with Crippen LogP contribution in [-0.2, 0) is 4.79 Å². The van der Waals surface area contributed by atoms with Gasteiger partial charge in [-0.1, -0.05) is 15.9 Å². The van der Waals surface area contributed by atoms with Crippen LogP contribution < -0.4 is 15.0 Å². The SMILES string of the molecule is CN(C)c1ccc(NC(=O)COc2ccc(Br)cc2F)cc1. The molecule has 2 aromatic rings. The van der Waals surface area contributed by atoms with Crippen molar-refractivity contribution in [1.82, 2.24) is 0 Å². The van der Waals surface area contributed by atoms with E-state index in [0.717, 1.165) is 5.69 Å².